The van der Waals surface area contributed by atoms with E-state index < -0.39 is 0 Å². The van der Waals surface area contributed by atoms with E-state index in [1.54, 1.807) is 0 Å². The van der Waals surface area contributed by atoms with Crippen LogP contribution in [0.2, 0.25) is 0 Å². The van der Waals surface area contributed by atoms with Crippen molar-refractivity contribution in [2.75, 3.05) is 26.7 Å². The Balaban J connectivity index is 1.73. The van der Waals surface area contributed by atoms with E-state index in [-0.39, 0.29) is 0 Å². The van der Waals surface area contributed by atoms with Crippen LogP contribution in [-0.2, 0) is 0 Å². The molecule has 1 saturated heterocycles. The largest absolute Gasteiger partial charge is 0.319 e. The van der Waals surface area contributed by atoms with Crippen molar-refractivity contribution in [3.8, 4) is 0 Å². The highest BCUT2D eigenvalue weighted by atomic mass is 15.2. The van der Waals surface area contributed by atoms with Gasteiger partial charge in [0.25, 0.3) is 0 Å². The van der Waals surface area contributed by atoms with Crippen LogP contribution in [0.1, 0.15) is 64.7 Å². The molecule has 0 bridgehead atoms. The molecule has 112 valence electrons. The van der Waals surface area contributed by atoms with Crippen molar-refractivity contribution in [2.45, 2.75) is 70.8 Å². The molecule has 2 aliphatic rings. The van der Waals surface area contributed by atoms with Crippen LogP contribution in [0.4, 0.5) is 0 Å². The fourth-order valence-electron chi connectivity index (χ4n) is 4.23. The minimum absolute atomic E-state index is 0.914. The average molecular weight is 266 g/mol. The summed E-state index contributed by atoms with van der Waals surface area (Å²) in [7, 11) is 2.09. The lowest BCUT2D eigenvalue weighted by Crippen LogP contribution is -2.42. The Bertz CT molecular complexity index is 233. The molecule has 1 aliphatic heterocycles. The summed E-state index contributed by atoms with van der Waals surface area (Å²) in [6.07, 6.45) is 13.1. The fraction of sp³-hybridized carbons (Fsp3) is 1.00. The zero-order chi connectivity index (χ0) is 13.5. The molecule has 1 N–H and O–H groups in total. The Hall–Kier alpha value is -0.0800. The van der Waals surface area contributed by atoms with E-state index in [1.807, 2.05) is 0 Å². The van der Waals surface area contributed by atoms with Crippen molar-refractivity contribution in [3.05, 3.63) is 0 Å². The molecule has 0 spiro atoms. The van der Waals surface area contributed by atoms with Gasteiger partial charge in [-0.3, -0.25) is 0 Å². The normalized spacial score (nSPS) is 31.3. The van der Waals surface area contributed by atoms with Gasteiger partial charge in [0, 0.05) is 6.04 Å². The van der Waals surface area contributed by atoms with E-state index in [2.05, 4.69) is 24.2 Å². The number of hydrogen-bond donors (Lipinski definition) is 1. The molecule has 0 aromatic heterocycles. The van der Waals surface area contributed by atoms with E-state index in [4.69, 9.17) is 0 Å². The molecule has 1 aliphatic carbocycles. The van der Waals surface area contributed by atoms with Crippen LogP contribution in [0.15, 0.2) is 0 Å². The SMILES string of the molecule is CCCC1CCCC(N2CCC(CNC)CC2)CC1. The Morgan fingerprint density at radius 1 is 0.947 bits per heavy atom. The van der Waals surface area contributed by atoms with Gasteiger partial charge in [0.1, 0.15) is 0 Å². The molecule has 1 saturated carbocycles. The van der Waals surface area contributed by atoms with E-state index in [0.29, 0.717) is 0 Å². The number of nitrogens with one attached hydrogen (secondary N) is 1. The van der Waals surface area contributed by atoms with Crippen molar-refractivity contribution in [2.24, 2.45) is 11.8 Å². The number of hydrogen-bond acceptors (Lipinski definition) is 2. The van der Waals surface area contributed by atoms with Crippen molar-refractivity contribution in [1.82, 2.24) is 10.2 Å². The molecule has 2 unspecified atom stereocenters. The highest BCUT2D eigenvalue weighted by molar-refractivity contribution is 4.82. The van der Waals surface area contributed by atoms with Gasteiger partial charge in [-0.2, -0.15) is 0 Å². The summed E-state index contributed by atoms with van der Waals surface area (Å²) in [5.41, 5.74) is 0. The summed E-state index contributed by atoms with van der Waals surface area (Å²) in [5, 5.41) is 3.34. The standard InChI is InChI=1S/C17H34N2/c1-3-5-15-6-4-7-17(9-8-15)19-12-10-16(11-13-19)14-18-2/h15-18H,3-14H2,1-2H3. The average Bonchev–Trinajstić information content (AvgIpc) is 2.66. The lowest BCUT2D eigenvalue weighted by atomic mass is 9.93. The number of likely N-dealkylation sites (tertiary alicyclic amines) is 1. The number of rotatable bonds is 5. The third-order valence-electron chi connectivity index (χ3n) is 5.41. The maximum atomic E-state index is 3.34. The molecule has 0 aromatic carbocycles. The quantitative estimate of drug-likeness (QED) is 0.764. The summed E-state index contributed by atoms with van der Waals surface area (Å²) >= 11 is 0. The van der Waals surface area contributed by atoms with Gasteiger partial charge in [-0.1, -0.05) is 32.6 Å². The van der Waals surface area contributed by atoms with Gasteiger partial charge in [-0.05, 0) is 70.6 Å². The first kappa shape index (κ1) is 15.3. The van der Waals surface area contributed by atoms with Crippen molar-refractivity contribution in [3.63, 3.8) is 0 Å². The van der Waals surface area contributed by atoms with Gasteiger partial charge in [-0.25, -0.2) is 0 Å². The highest BCUT2D eigenvalue weighted by Gasteiger charge is 2.26. The van der Waals surface area contributed by atoms with Crippen molar-refractivity contribution in [1.29, 1.82) is 0 Å². The second-order valence-corrected chi connectivity index (χ2v) is 6.85. The minimum atomic E-state index is 0.914. The molecule has 0 radical (unpaired) electrons. The minimum Gasteiger partial charge on any atom is -0.319 e. The van der Waals surface area contributed by atoms with Crippen LogP contribution in [-0.4, -0.2) is 37.6 Å². The summed E-state index contributed by atoms with van der Waals surface area (Å²) < 4.78 is 0. The molecule has 19 heavy (non-hydrogen) atoms. The van der Waals surface area contributed by atoms with Crippen LogP contribution in [0.3, 0.4) is 0 Å². The molecular weight excluding hydrogens is 232 g/mol. The molecule has 2 rings (SSSR count). The zero-order valence-corrected chi connectivity index (χ0v) is 13.2. The molecule has 1 heterocycles. The van der Waals surface area contributed by atoms with Gasteiger partial charge in [0.15, 0.2) is 0 Å². The lowest BCUT2D eigenvalue weighted by Gasteiger charge is -2.37. The first-order valence-corrected chi connectivity index (χ1v) is 8.72. The topological polar surface area (TPSA) is 15.3 Å². The summed E-state index contributed by atoms with van der Waals surface area (Å²) in [4.78, 5) is 2.82. The summed E-state index contributed by atoms with van der Waals surface area (Å²) in [6.45, 7) is 6.27. The van der Waals surface area contributed by atoms with Crippen LogP contribution < -0.4 is 5.32 Å². The fourth-order valence-corrected chi connectivity index (χ4v) is 4.23. The summed E-state index contributed by atoms with van der Waals surface area (Å²) in [6, 6.07) is 0.914. The molecule has 0 aromatic rings. The maximum Gasteiger partial charge on any atom is 0.00953 e. The molecule has 2 nitrogen and oxygen atoms in total. The predicted molar refractivity (Wildman–Crippen MR) is 83.5 cm³/mol. The van der Waals surface area contributed by atoms with Gasteiger partial charge < -0.3 is 10.2 Å². The first-order chi connectivity index (χ1) is 9.33. The zero-order valence-electron chi connectivity index (χ0n) is 13.2. The van der Waals surface area contributed by atoms with Crippen molar-refractivity contribution < 1.29 is 0 Å². The van der Waals surface area contributed by atoms with Crippen LogP contribution in [0.5, 0.6) is 0 Å². The van der Waals surface area contributed by atoms with E-state index in [9.17, 15) is 0 Å². The molecule has 2 fully saturated rings. The maximum absolute atomic E-state index is 3.34. The van der Waals surface area contributed by atoms with Gasteiger partial charge in [0.2, 0.25) is 0 Å². The van der Waals surface area contributed by atoms with E-state index in [0.717, 1.165) is 17.9 Å². The summed E-state index contributed by atoms with van der Waals surface area (Å²) in [5.74, 6) is 1.97. The monoisotopic (exact) mass is 266 g/mol. The Labute approximate surface area is 120 Å². The first-order valence-electron chi connectivity index (χ1n) is 8.72. The second kappa shape index (κ2) is 8.26. The number of nitrogens with zero attached hydrogens (tertiary/aromatic N) is 1. The molecule has 2 heteroatoms. The molecule has 2 atom stereocenters. The smallest absolute Gasteiger partial charge is 0.00953 e. The Morgan fingerprint density at radius 2 is 1.74 bits per heavy atom. The Kier molecular flexibility index (Phi) is 6.66. The lowest BCUT2D eigenvalue weighted by molar-refractivity contribution is 0.120. The molecular formula is C17H34N2. The number of piperidine rings is 1. The van der Waals surface area contributed by atoms with Crippen LogP contribution in [0, 0.1) is 11.8 Å². The predicted octanol–water partition coefficient (Wildman–Crippen LogP) is 3.67. The van der Waals surface area contributed by atoms with Crippen LogP contribution >= 0.6 is 0 Å². The Morgan fingerprint density at radius 3 is 2.42 bits per heavy atom. The highest BCUT2D eigenvalue weighted by Crippen LogP contribution is 2.30. The van der Waals surface area contributed by atoms with Gasteiger partial charge in [0.05, 0.1) is 0 Å². The van der Waals surface area contributed by atoms with Gasteiger partial charge >= 0.3 is 0 Å². The molecule has 0 amide bonds. The third-order valence-corrected chi connectivity index (χ3v) is 5.41. The third kappa shape index (κ3) is 4.75. The second-order valence-electron chi connectivity index (χ2n) is 6.85. The van der Waals surface area contributed by atoms with E-state index >= 15 is 0 Å². The van der Waals surface area contributed by atoms with Gasteiger partial charge in [-0.15, -0.1) is 0 Å². The van der Waals surface area contributed by atoms with Crippen molar-refractivity contribution >= 4 is 0 Å². The van der Waals surface area contributed by atoms with E-state index in [1.165, 1.54) is 77.4 Å². The van der Waals surface area contributed by atoms with Crippen LogP contribution in [0.25, 0.3) is 0 Å².